The summed E-state index contributed by atoms with van der Waals surface area (Å²) in [6, 6.07) is 12.0. The zero-order chi connectivity index (χ0) is 19.4. The summed E-state index contributed by atoms with van der Waals surface area (Å²) in [5.74, 6) is -0.851. The van der Waals surface area contributed by atoms with Gasteiger partial charge in [-0.3, -0.25) is 9.59 Å². The second kappa shape index (κ2) is 8.05. The molecule has 138 valence electrons. The number of hydrogen-bond donors (Lipinski definition) is 1. The molecule has 0 spiro atoms. The molecule has 0 radical (unpaired) electrons. The third-order valence-corrected chi connectivity index (χ3v) is 4.34. The van der Waals surface area contributed by atoms with Crippen LogP contribution in [0.15, 0.2) is 48.7 Å². The molecule has 2 aromatic carbocycles. The Morgan fingerprint density at radius 2 is 2.00 bits per heavy atom. The van der Waals surface area contributed by atoms with Crippen molar-refractivity contribution in [3.63, 3.8) is 0 Å². The first-order valence-electron chi connectivity index (χ1n) is 8.33. The fourth-order valence-electron chi connectivity index (χ4n) is 2.82. The molecule has 7 heteroatoms. The maximum absolute atomic E-state index is 12.4. The Bertz CT molecular complexity index is 1030. The van der Waals surface area contributed by atoms with Crippen LogP contribution in [-0.4, -0.2) is 29.3 Å². The van der Waals surface area contributed by atoms with E-state index < -0.39 is 5.97 Å². The van der Waals surface area contributed by atoms with Crippen molar-refractivity contribution in [3.8, 4) is 0 Å². The third kappa shape index (κ3) is 4.01. The number of carbonyl (C=O) groups excluding carboxylic acids is 3. The van der Waals surface area contributed by atoms with Gasteiger partial charge in [0.25, 0.3) is 0 Å². The number of nitrogens with one attached hydrogen (secondary N) is 1. The van der Waals surface area contributed by atoms with Gasteiger partial charge in [0.15, 0.2) is 6.29 Å². The molecule has 1 aromatic heterocycles. The number of ether oxygens (including phenoxy) is 1. The van der Waals surface area contributed by atoms with Crippen LogP contribution in [0.1, 0.15) is 27.6 Å². The summed E-state index contributed by atoms with van der Waals surface area (Å²) in [5.41, 5.74) is 1.93. The van der Waals surface area contributed by atoms with Crippen molar-refractivity contribution in [2.45, 2.75) is 13.5 Å². The van der Waals surface area contributed by atoms with Crippen LogP contribution in [0.25, 0.3) is 10.9 Å². The van der Waals surface area contributed by atoms with Crippen LogP contribution < -0.4 is 5.32 Å². The molecule has 0 saturated carbocycles. The van der Waals surface area contributed by atoms with Crippen LogP contribution in [0.4, 0.5) is 5.69 Å². The maximum Gasteiger partial charge on any atom is 0.339 e. The predicted octanol–water partition coefficient (Wildman–Crippen LogP) is 3.92. The van der Waals surface area contributed by atoms with Gasteiger partial charge in [0.1, 0.15) is 6.54 Å². The molecule has 3 rings (SSSR count). The van der Waals surface area contributed by atoms with Crippen LogP contribution in [0, 0.1) is 0 Å². The summed E-state index contributed by atoms with van der Waals surface area (Å²) in [6.07, 6.45) is 2.41. The van der Waals surface area contributed by atoms with E-state index in [2.05, 4.69) is 5.32 Å². The molecule has 0 aliphatic rings. The van der Waals surface area contributed by atoms with Crippen LogP contribution in [-0.2, 0) is 16.1 Å². The monoisotopic (exact) mass is 384 g/mol. The second-order valence-electron chi connectivity index (χ2n) is 5.81. The van der Waals surface area contributed by atoms with Crippen LogP contribution in [0.5, 0.6) is 0 Å². The van der Waals surface area contributed by atoms with Gasteiger partial charge in [0.05, 0.1) is 17.2 Å². The first-order valence-corrected chi connectivity index (χ1v) is 8.71. The van der Waals surface area contributed by atoms with Gasteiger partial charge in [-0.1, -0.05) is 29.8 Å². The Balaban J connectivity index is 1.80. The van der Waals surface area contributed by atoms with E-state index in [1.807, 2.05) is 24.3 Å². The SMILES string of the molecule is CCOC(=O)c1cc(NC(=O)Cn2cc(C=O)c3ccccc32)ccc1Cl. The van der Waals surface area contributed by atoms with E-state index in [9.17, 15) is 14.4 Å². The molecule has 0 saturated heterocycles. The largest absolute Gasteiger partial charge is 0.462 e. The summed E-state index contributed by atoms with van der Waals surface area (Å²) in [4.78, 5) is 35.6. The number of aromatic nitrogens is 1. The number of nitrogens with zero attached hydrogens (tertiary/aromatic N) is 1. The number of aldehydes is 1. The lowest BCUT2D eigenvalue weighted by Gasteiger charge is -2.10. The zero-order valence-electron chi connectivity index (χ0n) is 14.6. The van der Waals surface area contributed by atoms with E-state index in [4.69, 9.17) is 16.3 Å². The predicted molar refractivity (Wildman–Crippen MR) is 103 cm³/mol. The summed E-state index contributed by atoms with van der Waals surface area (Å²) in [6.45, 7) is 1.95. The van der Waals surface area contributed by atoms with Crippen molar-refractivity contribution < 1.29 is 19.1 Å². The van der Waals surface area contributed by atoms with Crippen molar-refractivity contribution in [1.29, 1.82) is 0 Å². The highest BCUT2D eigenvalue weighted by Gasteiger charge is 2.14. The first kappa shape index (κ1) is 18.7. The molecule has 0 unspecified atom stereocenters. The number of hydrogen-bond acceptors (Lipinski definition) is 4. The Kier molecular flexibility index (Phi) is 5.57. The number of benzene rings is 2. The normalized spacial score (nSPS) is 10.6. The van der Waals surface area contributed by atoms with Gasteiger partial charge < -0.3 is 14.6 Å². The lowest BCUT2D eigenvalue weighted by molar-refractivity contribution is -0.116. The summed E-state index contributed by atoms with van der Waals surface area (Å²) in [7, 11) is 0. The smallest absolute Gasteiger partial charge is 0.339 e. The van der Waals surface area contributed by atoms with E-state index >= 15 is 0 Å². The topological polar surface area (TPSA) is 77.4 Å². The van der Waals surface area contributed by atoms with E-state index in [1.165, 1.54) is 12.1 Å². The molecule has 3 aromatic rings. The highest BCUT2D eigenvalue weighted by atomic mass is 35.5. The van der Waals surface area contributed by atoms with Gasteiger partial charge >= 0.3 is 5.97 Å². The average molecular weight is 385 g/mol. The van der Waals surface area contributed by atoms with E-state index in [0.717, 1.165) is 17.2 Å². The van der Waals surface area contributed by atoms with Crippen LogP contribution in [0.2, 0.25) is 5.02 Å². The van der Waals surface area contributed by atoms with Gasteiger partial charge in [0, 0.05) is 28.4 Å². The number of halogens is 1. The minimum Gasteiger partial charge on any atom is -0.462 e. The highest BCUT2D eigenvalue weighted by Crippen LogP contribution is 2.23. The Morgan fingerprint density at radius 3 is 2.74 bits per heavy atom. The molecular formula is C20H17ClN2O4. The third-order valence-electron chi connectivity index (χ3n) is 4.01. The van der Waals surface area contributed by atoms with Crippen molar-refractivity contribution in [3.05, 3.63) is 64.8 Å². The Hall–Kier alpha value is -3.12. The molecule has 0 fully saturated rings. The summed E-state index contributed by atoms with van der Waals surface area (Å²) >= 11 is 6.03. The fraction of sp³-hybridized carbons (Fsp3) is 0.150. The summed E-state index contributed by atoms with van der Waals surface area (Å²) in [5, 5.41) is 3.77. The number of anilines is 1. The van der Waals surface area contributed by atoms with Crippen molar-refractivity contribution >= 4 is 46.4 Å². The first-order chi connectivity index (χ1) is 13.0. The molecule has 27 heavy (non-hydrogen) atoms. The van der Waals surface area contributed by atoms with Gasteiger partial charge in [-0.25, -0.2) is 4.79 Å². The standard InChI is InChI=1S/C20H17ClN2O4/c1-2-27-20(26)16-9-14(7-8-17(16)21)22-19(25)11-23-10-13(12-24)15-5-3-4-6-18(15)23/h3-10,12H,2,11H2,1H3,(H,22,25). The van der Waals surface area contributed by atoms with Crippen molar-refractivity contribution in [1.82, 2.24) is 4.57 Å². The minimum absolute atomic E-state index is 0.0196. The molecular weight excluding hydrogens is 368 g/mol. The summed E-state index contributed by atoms with van der Waals surface area (Å²) < 4.78 is 6.66. The minimum atomic E-state index is -0.550. The number of carbonyl (C=O) groups is 3. The molecule has 1 heterocycles. The lowest BCUT2D eigenvalue weighted by Crippen LogP contribution is -2.18. The van der Waals surface area contributed by atoms with E-state index in [0.29, 0.717) is 11.3 Å². The van der Waals surface area contributed by atoms with Gasteiger partial charge in [-0.2, -0.15) is 0 Å². The van der Waals surface area contributed by atoms with Crippen molar-refractivity contribution in [2.75, 3.05) is 11.9 Å². The van der Waals surface area contributed by atoms with Gasteiger partial charge in [0.2, 0.25) is 5.91 Å². The lowest BCUT2D eigenvalue weighted by atomic mass is 10.2. The number of esters is 1. The molecule has 6 nitrogen and oxygen atoms in total. The molecule has 1 N–H and O–H groups in total. The second-order valence-corrected chi connectivity index (χ2v) is 6.22. The van der Waals surface area contributed by atoms with E-state index in [1.54, 1.807) is 23.8 Å². The zero-order valence-corrected chi connectivity index (χ0v) is 15.3. The molecule has 1 amide bonds. The number of fused-ring (bicyclic) bond motifs is 1. The quantitative estimate of drug-likeness (QED) is 0.516. The Morgan fingerprint density at radius 1 is 1.22 bits per heavy atom. The molecule has 0 atom stereocenters. The Labute approximate surface area is 160 Å². The number of amides is 1. The maximum atomic E-state index is 12.4. The molecule has 0 aliphatic carbocycles. The van der Waals surface area contributed by atoms with Crippen molar-refractivity contribution in [2.24, 2.45) is 0 Å². The van der Waals surface area contributed by atoms with Crippen LogP contribution in [0.3, 0.4) is 0 Å². The highest BCUT2D eigenvalue weighted by molar-refractivity contribution is 6.33. The van der Waals surface area contributed by atoms with E-state index in [-0.39, 0.29) is 29.6 Å². The van der Waals surface area contributed by atoms with Crippen LogP contribution >= 0.6 is 11.6 Å². The number of rotatable bonds is 6. The molecule has 0 bridgehead atoms. The average Bonchev–Trinajstić information content (AvgIpc) is 3.01. The fourth-order valence-corrected chi connectivity index (χ4v) is 3.02. The van der Waals surface area contributed by atoms with Gasteiger partial charge in [-0.15, -0.1) is 0 Å². The molecule has 0 aliphatic heterocycles. The van der Waals surface area contributed by atoms with Gasteiger partial charge in [-0.05, 0) is 31.2 Å². The number of para-hydroxylation sites is 1.